The summed E-state index contributed by atoms with van der Waals surface area (Å²) in [5, 5.41) is 0. The molecule has 4 aromatic carbocycles. The molecule has 4 aromatic rings. The molecule has 0 saturated heterocycles. The summed E-state index contributed by atoms with van der Waals surface area (Å²) in [6, 6.07) is 35.6. The molecule has 1 radical (unpaired) electrons. The summed E-state index contributed by atoms with van der Waals surface area (Å²) in [4.78, 5) is 11.2. The molecular formula is C30H31BO2P. The Morgan fingerprint density at radius 1 is 0.706 bits per heavy atom. The Kier molecular flexibility index (Phi) is 11.6. The van der Waals surface area contributed by atoms with Crippen molar-refractivity contribution in [3.05, 3.63) is 127 Å². The van der Waals surface area contributed by atoms with Crippen molar-refractivity contribution >= 4 is 27.5 Å². The monoisotopic (exact) mass is 465 g/mol. The summed E-state index contributed by atoms with van der Waals surface area (Å²) in [5.41, 5.74) is 5.48. The SMILES string of the molecule is C=C(C)c1ccc(-c2ccccc2)cc1.CC(=O)c1cccc(Oc2ccccc2)c1.C[B]P. The first-order valence-electron chi connectivity index (χ1n) is 11.1. The maximum Gasteiger partial charge on any atom is 0.159 e. The third-order valence-corrected chi connectivity index (χ3v) is 4.70. The highest BCUT2D eigenvalue weighted by Crippen LogP contribution is 2.22. The molecule has 171 valence electrons. The van der Waals surface area contributed by atoms with Crippen molar-refractivity contribution in [3.63, 3.8) is 0 Å². The second-order valence-electron chi connectivity index (χ2n) is 7.56. The van der Waals surface area contributed by atoms with Gasteiger partial charge in [-0.2, -0.15) is 9.12 Å². The van der Waals surface area contributed by atoms with Gasteiger partial charge in [0, 0.05) is 5.56 Å². The van der Waals surface area contributed by atoms with E-state index in [1.54, 1.807) is 19.1 Å². The van der Waals surface area contributed by atoms with E-state index in [2.05, 4.69) is 64.2 Å². The minimum atomic E-state index is 0.0403. The zero-order chi connectivity index (χ0) is 24.8. The molecule has 0 aliphatic rings. The number of ether oxygens (including phenoxy) is 1. The molecule has 4 rings (SSSR count). The highest BCUT2D eigenvalue weighted by Gasteiger charge is 2.02. The third kappa shape index (κ3) is 9.21. The van der Waals surface area contributed by atoms with Gasteiger partial charge in [0.25, 0.3) is 0 Å². The van der Waals surface area contributed by atoms with Gasteiger partial charge >= 0.3 is 0 Å². The summed E-state index contributed by atoms with van der Waals surface area (Å²) in [6.45, 7) is 11.4. The Labute approximate surface area is 207 Å². The summed E-state index contributed by atoms with van der Waals surface area (Å²) >= 11 is 0. The number of benzene rings is 4. The first kappa shape index (κ1) is 26.8. The number of rotatable bonds is 5. The molecule has 0 aliphatic carbocycles. The number of carbonyl (C=O) groups excluding carboxylic acids is 1. The van der Waals surface area contributed by atoms with Crippen LogP contribution in [0.4, 0.5) is 0 Å². The van der Waals surface area contributed by atoms with Crippen LogP contribution in [0.5, 0.6) is 11.5 Å². The highest BCUT2D eigenvalue weighted by molar-refractivity contribution is 7.55. The van der Waals surface area contributed by atoms with Crippen molar-refractivity contribution in [1.82, 2.24) is 0 Å². The van der Waals surface area contributed by atoms with Gasteiger partial charge < -0.3 is 4.74 Å². The van der Waals surface area contributed by atoms with Crippen LogP contribution in [0.15, 0.2) is 116 Å². The maximum atomic E-state index is 11.2. The number of hydrogen-bond acceptors (Lipinski definition) is 2. The molecule has 0 saturated carbocycles. The Balaban J connectivity index is 0.000000216. The number of ketones is 1. The van der Waals surface area contributed by atoms with E-state index >= 15 is 0 Å². The average Bonchev–Trinajstić information content (AvgIpc) is 2.86. The van der Waals surface area contributed by atoms with Crippen LogP contribution >= 0.6 is 9.12 Å². The summed E-state index contributed by atoms with van der Waals surface area (Å²) < 4.78 is 5.62. The average molecular weight is 465 g/mol. The molecule has 0 heterocycles. The van der Waals surface area contributed by atoms with Gasteiger partial charge in [-0.05, 0) is 54.8 Å². The van der Waals surface area contributed by atoms with Gasteiger partial charge in [0.05, 0.1) is 0 Å². The number of Topliss-reactive ketones (excluding diaryl/α,β-unsaturated/α-hetero) is 1. The first-order chi connectivity index (χ1) is 16.4. The Morgan fingerprint density at radius 3 is 1.74 bits per heavy atom. The fraction of sp³-hybridized carbons (Fsp3) is 0.100. The zero-order valence-corrected chi connectivity index (χ0v) is 21.2. The molecule has 4 heteroatoms. The Morgan fingerprint density at radius 2 is 1.21 bits per heavy atom. The lowest BCUT2D eigenvalue weighted by molar-refractivity contribution is 0.101. The van der Waals surface area contributed by atoms with E-state index < -0.39 is 0 Å². The van der Waals surface area contributed by atoms with Gasteiger partial charge in [-0.1, -0.05) is 104 Å². The highest BCUT2D eigenvalue weighted by atomic mass is 31.0. The molecular weight excluding hydrogens is 434 g/mol. The quantitative estimate of drug-likeness (QED) is 0.168. The van der Waals surface area contributed by atoms with Gasteiger partial charge in [-0.15, -0.1) is 0 Å². The lowest BCUT2D eigenvalue weighted by atomic mass is 10.0. The molecule has 0 aromatic heterocycles. The van der Waals surface area contributed by atoms with Crippen LogP contribution in [-0.4, -0.2) is 12.8 Å². The van der Waals surface area contributed by atoms with Crippen LogP contribution in [0.3, 0.4) is 0 Å². The molecule has 0 fully saturated rings. The molecule has 0 spiro atoms. The normalized spacial score (nSPS) is 9.41. The molecule has 0 N–H and O–H groups in total. The first-order valence-corrected chi connectivity index (χ1v) is 11.8. The second kappa shape index (κ2) is 14.7. The fourth-order valence-corrected chi connectivity index (χ4v) is 2.98. The molecule has 2 nitrogen and oxygen atoms in total. The predicted molar refractivity (Wildman–Crippen MR) is 151 cm³/mol. The van der Waals surface area contributed by atoms with E-state index in [9.17, 15) is 4.79 Å². The van der Waals surface area contributed by atoms with E-state index in [-0.39, 0.29) is 5.78 Å². The van der Waals surface area contributed by atoms with Gasteiger partial charge in [-0.3, -0.25) is 4.79 Å². The van der Waals surface area contributed by atoms with Crippen molar-refractivity contribution in [2.24, 2.45) is 0 Å². The Hall–Kier alpha value is -3.42. The number of allylic oxidation sites excluding steroid dienone is 1. The molecule has 0 amide bonds. The van der Waals surface area contributed by atoms with Crippen LogP contribution in [-0.2, 0) is 0 Å². The van der Waals surface area contributed by atoms with Gasteiger partial charge in [-0.25, -0.2) is 0 Å². The number of para-hydroxylation sites is 1. The largest absolute Gasteiger partial charge is 0.457 e. The molecule has 0 bridgehead atoms. The second-order valence-corrected chi connectivity index (χ2v) is 8.22. The fourth-order valence-electron chi connectivity index (χ4n) is 2.98. The van der Waals surface area contributed by atoms with Gasteiger partial charge in [0.1, 0.15) is 18.5 Å². The minimum absolute atomic E-state index is 0.0403. The van der Waals surface area contributed by atoms with Crippen molar-refractivity contribution in [2.75, 3.05) is 0 Å². The van der Waals surface area contributed by atoms with Crippen molar-refractivity contribution in [3.8, 4) is 22.6 Å². The zero-order valence-electron chi connectivity index (χ0n) is 20.1. The van der Waals surface area contributed by atoms with Crippen LogP contribution < -0.4 is 4.74 Å². The number of carbonyl (C=O) groups is 1. The van der Waals surface area contributed by atoms with Crippen LogP contribution in [0.2, 0.25) is 6.82 Å². The van der Waals surface area contributed by atoms with E-state index in [1.807, 2.05) is 69.3 Å². The molecule has 34 heavy (non-hydrogen) atoms. The van der Waals surface area contributed by atoms with Crippen LogP contribution in [0.1, 0.15) is 29.8 Å². The standard InChI is InChI=1S/C15H14.C14H12O2.CH5BP/c1-12(2)13-8-10-15(11-9-13)14-6-4-3-5-7-14;1-11(15)12-6-5-9-14(10-12)16-13-7-3-2-4-8-13;1-2-3/h3-11H,1H2,2H3;2-10H,1H3;3H2,1H3. The summed E-state index contributed by atoms with van der Waals surface area (Å²) in [6.07, 6.45) is 0. The molecule has 1 atom stereocenters. The van der Waals surface area contributed by atoms with E-state index in [0.29, 0.717) is 11.3 Å². The topological polar surface area (TPSA) is 26.3 Å². The lowest BCUT2D eigenvalue weighted by Gasteiger charge is -2.05. The van der Waals surface area contributed by atoms with E-state index in [4.69, 9.17) is 4.74 Å². The minimum Gasteiger partial charge on any atom is -0.457 e. The Bertz CT molecular complexity index is 1160. The van der Waals surface area contributed by atoms with Crippen LogP contribution in [0, 0.1) is 0 Å². The molecule has 0 aliphatic heterocycles. The lowest BCUT2D eigenvalue weighted by Crippen LogP contribution is -1.92. The summed E-state index contributed by atoms with van der Waals surface area (Å²) in [5.74, 6) is 1.49. The molecule has 1 unspecified atom stereocenters. The predicted octanol–water partition coefficient (Wildman–Crippen LogP) is 8.60. The van der Waals surface area contributed by atoms with Crippen molar-refractivity contribution in [2.45, 2.75) is 20.7 Å². The van der Waals surface area contributed by atoms with E-state index in [0.717, 1.165) is 11.3 Å². The van der Waals surface area contributed by atoms with Gasteiger partial charge in [0.15, 0.2) is 5.78 Å². The van der Waals surface area contributed by atoms with Crippen molar-refractivity contribution < 1.29 is 9.53 Å². The smallest absolute Gasteiger partial charge is 0.159 e. The third-order valence-electron chi connectivity index (χ3n) is 4.70. The summed E-state index contributed by atoms with van der Waals surface area (Å²) in [7, 11) is 2.45. The number of hydrogen-bond donors (Lipinski definition) is 0. The van der Waals surface area contributed by atoms with Crippen molar-refractivity contribution in [1.29, 1.82) is 0 Å². The maximum absolute atomic E-state index is 11.2. The van der Waals surface area contributed by atoms with E-state index in [1.165, 1.54) is 16.7 Å². The van der Waals surface area contributed by atoms with Crippen LogP contribution in [0.25, 0.3) is 16.7 Å². The van der Waals surface area contributed by atoms with Gasteiger partial charge in [0.2, 0.25) is 0 Å².